The Balaban J connectivity index is 1.68. The molecule has 1 amide bonds. The second kappa shape index (κ2) is 7.04. The van der Waals surface area contributed by atoms with Crippen molar-refractivity contribution in [1.29, 1.82) is 0 Å². The number of nitrogen functional groups attached to an aromatic ring is 1. The van der Waals surface area contributed by atoms with Gasteiger partial charge in [0.05, 0.1) is 0 Å². The Bertz CT molecular complexity index is 1020. The molecule has 0 spiro atoms. The van der Waals surface area contributed by atoms with E-state index in [4.69, 9.17) is 5.73 Å². The number of nitrogens with two attached hydrogens (primary N) is 1. The van der Waals surface area contributed by atoms with Crippen LogP contribution >= 0.6 is 0 Å². The van der Waals surface area contributed by atoms with Crippen molar-refractivity contribution < 1.29 is 4.79 Å². The molecular formula is C20H19AsN5O. The van der Waals surface area contributed by atoms with Crippen molar-refractivity contribution in [3.8, 4) is 11.3 Å². The van der Waals surface area contributed by atoms with Gasteiger partial charge in [-0.15, -0.1) is 0 Å². The SMILES string of the molecule is CN(C)c1ccc([As]c2ccc3c(c2)NC(=O)Cc2cnc(N)nc2-3)cc1. The van der Waals surface area contributed by atoms with E-state index in [2.05, 4.69) is 56.6 Å². The van der Waals surface area contributed by atoms with Crippen LogP contribution in [0.4, 0.5) is 17.3 Å². The summed E-state index contributed by atoms with van der Waals surface area (Å²) in [4.78, 5) is 22.7. The number of hydrogen-bond acceptors (Lipinski definition) is 5. The van der Waals surface area contributed by atoms with Crippen LogP contribution in [-0.2, 0) is 11.2 Å². The number of aromatic nitrogens is 2. The Kier molecular flexibility index (Phi) is 4.58. The van der Waals surface area contributed by atoms with E-state index in [1.54, 1.807) is 6.20 Å². The van der Waals surface area contributed by atoms with Gasteiger partial charge in [0, 0.05) is 0 Å². The van der Waals surface area contributed by atoms with Gasteiger partial charge in [-0.05, 0) is 0 Å². The molecule has 6 nitrogen and oxygen atoms in total. The fourth-order valence-electron chi connectivity index (χ4n) is 3.04. The van der Waals surface area contributed by atoms with Gasteiger partial charge in [0.1, 0.15) is 0 Å². The minimum absolute atomic E-state index is 0.0629. The number of hydrogen-bond donors (Lipinski definition) is 2. The molecule has 7 heteroatoms. The number of nitrogens with one attached hydrogen (secondary N) is 1. The predicted molar refractivity (Wildman–Crippen MR) is 110 cm³/mol. The van der Waals surface area contributed by atoms with E-state index in [0.29, 0.717) is 0 Å². The molecule has 3 N–H and O–H groups in total. The fraction of sp³-hybridized carbons (Fsp3) is 0.150. The molecular weight excluding hydrogens is 401 g/mol. The number of benzene rings is 2. The Morgan fingerprint density at radius 1 is 1.11 bits per heavy atom. The standard InChI is InChI=1S/C20H19AsN5O/c1-26(2)15-6-3-13(4-7-15)21-14-5-8-16-17(10-14)24-18(27)9-12-11-23-20(22)25-19(12)16/h3-8,10-11H,9H2,1-2H3,(H,24,27)(H2,22,23,25). The molecule has 135 valence electrons. The third-order valence-electron chi connectivity index (χ3n) is 4.39. The average Bonchev–Trinajstić information content (AvgIpc) is 2.77. The first-order chi connectivity index (χ1) is 13.0. The first-order valence-electron chi connectivity index (χ1n) is 8.54. The Hall–Kier alpha value is -2.85. The summed E-state index contributed by atoms with van der Waals surface area (Å²) in [5.41, 5.74) is 10.1. The molecule has 0 aliphatic carbocycles. The van der Waals surface area contributed by atoms with E-state index >= 15 is 0 Å². The first kappa shape index (κ1) is 17.6. The number of carbonyl (C=O) groups is 1. The number of fused-ring (bicyclic) bond motifs is 3. The van der Waals surface area contributed by atoms with Crippen LogP contribution in [0, 0.1) is 0 Å². The van der Waals surface area contributed by atoms with Crippen LogP contribution in [-0.4, -0.2) is 45.7 Å². The van der Waals surface area contributed by atoms with E-state index in [0.717, 1.165) is 22.5 Å². The molecule has 27 heavy (non-hydrogen) atoms. The molecule has 1 radical (unpaired) electrons. The summed E-state index contributed by atoms with van der Waals surface area (Å²) in [5.74, 6) is 0.151. The second-order valence-electron chi connectivity index (χ2n) is 6.58. The zero-order valence-corrected chi connectivity index (χ0v) is 17.0. The van der Waals surface area contributed by atoms with Gasteiger partial charge >= 0.3 is 164 Å². The molecule has 0 atom stereocenters. The summed E-state index contributed by atoms with van der Waals surface area (Å²) in [5, 5.41) is 3.00. The molecule has 2 aromatic carbocycles. The van der Waals surface area contributed by atoms with E-state index < -0.39 is 0 Å². The van der Waals surface area contributed by atoms with Crippen molar-refractivity contribution in [1.82, 2.24) is 9.97 Å². The number of anilines is 3. The van der Waals surface area contributed by atoms with Crippen molar-refractivity contribution in [3.05, 3.63) is 54.2 Å². The number of carbonyl (C=O) groups excluding carboxylic acids is 1. The fourth-order valence-corrected chi connectivity index (χ4v) is 5.01. The molecule has 0 saturated carbocycles. The van der Waals surface area contributed by atoms with Gasteiger partial charge in [-0.1, -0.05) is 0 Å². The quantitative estimate of drug-likeness (QED) is 0.617. The van der Waals surface area contributed by atoms with Gasteiger partial charge < -0.3 is 0 Å². The molecule has 2 heterocycles. The maximum atomic E-state index is 12.3. The van der Waals surface area contributed by atoms with E-state index in [1.165, 1.54) is 14.4 Å². The Morgan fingerprint density at radius 2 is 1.85 bits per heavy atom. The van der Waals surface area contributed by atoms with Crippen molar-refractivity contribution in [3.63, 3.8) is 0 Å². The molecule has 0 saturated heterocycles. The van der Waals surface area contributed by atoms with E-state index in [-0.39, 0.29) is 34.0 Å². The van der Waals surface area contributed by atoms with Gasteiger partial charge in [-0.2, -0.15) is 0 Å². The Morgan fingerprint density at radius 3 is 2.59 bits per heavy atom. The van der Waals surface area contributed by atoms with Crippen molar-refractivity contribution in [2.24, 2.45) is 0 Å². The summed E-state index contributed by atoms with van der Waals surface area (Å²) >= 11 is -0.179. The zero-order valence-electron chi connectivity index (χ0n) is 15.1. The van der Waals surface area contributed by atoms with Crippen LogP contribution in [0.25, 0.3) is 11.3 Å². The molecule has 1 aliphatic heterocycles. The van der Waals surface area contributed by atoms with Crippen LogP contribution in [0.1, 0.15) is 5.56 Å². The summed E-state index contributed by atoms with van der Waals surface area (Å²) in [6, 6.07) is 14.8. The number of nitrogens with zero attached hydrogens (tertiary/aromatic N) is 3. The summed E-state index contributed by atoms with van der Waals surface area (Å²) in [6.45, 7) is 0. The zero-order chi connectivity index (χ0) is 19.0. The molecule has 0 unspecified atom stereocenters. The third-order valence-corrected chi connectivity index (χ3v) is 6.68. The summed E-state index contributed by atoms with van der Waals surface area (Å²) in [7, 11) is 4.07. The topological polar surface area (TPSA) is 84.1 Å². The maximum absolute atomic E-state index is 12.3. The molecule has 1 aliphatic rings. The number of amides is 1. The van der Waals surface area contributed by atoms with Crippen LogP contribution in [0.3, 0.4) is 0 Å². The number of rotatable bonds is 3. The second-order valence-corrected chi connectivity index (χ2v) is 9.22. The molecule has 0 bridgehead atoms. The van der Waals surface area contributed by atoms with Crippen molar-refractivity contribution in [2.75, 3.05) is 30.0 Å². The van der Waals surface area contributed by atoms with E-state index in [1.807, 2.05) is 20.2 Å². The summed E-state index contributed by atoms with van der Waals surface area (Å²) < 4.78 is 2.53. The Labute approximate surface area is 164 Å². The monoisotopic (exact) mass is 420 g/mol. The molecule has 0 fully saturated rings. The molecule has 3 aromatic rings. The van der Waals surface area contributed by atoms with Gasteiger partial charge in [0.25, 0.3) is 0 Å². The normalized spacial score (nSPS) is 13.0. The predicted octanol–water partition coefficient (Wildman–Crippen LogP) is 0.941. The van der Waals surface area contributed by atoms with Crippen LogP contribution in [0.5, 0.6) is 0 Å². The van der Waals surface area contributed by atoms with Crippen molar-refractivity contribution >= 4 is 47.7 Å². The van der Waals surface area contributed by atoms with Crippen LogP contribution < -0.4 is 24.7 Å². The van der Waals surface area contributed by atoms with Gasteiger partial charge in [0.2, 0.25) is 0 Å². The van der Waals surface area contributed by atoms with E-state index in [9.17, 15) is 4.79 Å². The molecule has 1 aromatic heterocycles. The summed E-state index contributed by atoms with van der Waals surface area (Å²) in [6.07, 6.45) is 1.89. The van der Waals surface area contributed by atoms with Gasteiger partial charge in [-0.3, -0.25) is 0 Å². The van der Waals surface area contributed by atoms with Gasteiger partial charge in [-0.25, -0.2) is 0 Å². The molecule has 4 rings (SSSR count). The minimum atomic E-state index is -0.179. The van der Waals surface area contributed by atoms with Crippen molar-refractivity contribution in [2.45, 2.75) is 6.42 Å². The van der Waals surface area contributed by atoms with Crippen LogP contribution in [0.2, 0.25) is 0 Å². The van der Waals surface area contributed by atoms with Crippen LogP contribution in [0.15, 0.2) is 48.7 Å². The first-order valence-corrected chi connectivity index (χ1v) is 10.4. The average molecular weight is 420 g/mol. The third kappa shape index (κ3) is 3.67. The van der Waals surface area contributed by atoms with Gasteiger partial charge in [0.15, 0.2) is 0 Å².